The maximum Gasteiger partial charge on any atom is 0.134 e. The number of ether oxygens (including phenoxy) is 1. The van der Waals surface area contributed by atoms with Crippen molar-refractivity contribution in [2.75, 3.05) is 6.61 Å². The van der Waals surface area contributed by atoms with E-state index in [1.807, 2.05) is 0 Å². The minimum absolute atomic E-state index is 0.327. The molecule has 0 aliphatic heterocycles. The molecule has 2 rings (SSSR count). The smallest absolute Gasteiger partial charge is 0.134 e. The zero-order chi connectivity index (χ0) is 15.8. The minimum Gasteiger partial charge on any atom is -0.493 e. The monoisotopic (exact) mass is 304 g/mol. The third-order valence-electron chi connectivity index (χ3n) is 3.61. The summed E-state index contributed by atoms with van der Waals surface area (Å²) in [5, 5.41) is 0. The van der Waals surface area contributed by atoms with Crippen molar-refractivity contribution < 1.29 is 13.5 Å². The Morgan fingerprint density at radius 2 is 1.59 bits per heavy atom. The lowest BCUT2D eigenvalue weighted by Gasteiger charge is -2.09. The van der Waals surface area contributed by atoms with Gasteiger partial charge in [0.05, 0.1) is 6.61 Å². The van der Waals surface area contributed by atoms with Gasteiger partial charge in [0.25, 0.3) is 0 Å². The van der Waals surface area contributed by atoms with E-state index in [-0.39, 0.29) is 11.6 Å². The van der Waals surface area contributed by atoms with Crippen molar-refractivity contribution in [3.8, 4) is 16.9 Å². The van der Waals surface area contributed by atoms with E-state index in [2.05, 4.69) is 6.92 Å². The number of halogens is 2. The van der Waals surface area contributed by atoms with Gasteiger partial charge in [0, 0.05) is 11.6 Å². The van der Waals surface area contributed by atoms with Crippen LogP contribution in [0.15, 0.2) is 42.5 Å². The summed E-state index contributed by atoms with van der Waals surface area (Å²) < 4.78 is 32.6. The molecule has 0 unspecified atom stereocenters. The second-order valence-corrected chi connectivity index (χ2v) is 5.41. The number of hydrogen-bond donors (Lipinski definition) is 0. The van der Waals surface area contributed by atoms with Gasteiger partial charge in [0.1, 0.15) is 17.4 Å². The van der Waals surface area contributed by atoms with Gasteiger partial charge in [-0.05, 0) is 36.2 Å². The quantitative estimate of drug-likeness (QED) is 0.545. The molecule has 0 saturated carbocycles. The molecule has 0 N–H and O–H groups in total. The van der Waals surface area contributed by atoms with Crippen molar-refractivity contribution in [1.82, 2.24) is 0 Å². The molecule has 0 fully saturated rings. The first-order valence-corrected chi connectivity index (χ1v) is 7.89. The summed E-state index contributed by atoms with van der Waals surface area (Å²) in [6, 6.07) is 10.6. The van der Waals surface area contributed by atoms with Gasteiger partial charge >= 0.3 is 0 Å². The molecule has 0 heterocycles. The van der Waals surface area contributed by atoms with Gasteiger partial charge in [-0.25, -0.2) is 8.78 Å². The molecule has 0 saturated heterocycles. The lowest BCUT2D eigenvalue weighted by atomic mass is 10.1. The maximum absolute atomic E-state index is 14.1. The predicted molar refractivity (Wildman–Crippen MR) is 86.0 cm³/mol. The summed E-state index contributed by atoms with van der Waals surface area (Å²) in [6.07, 6.45) is 5.82. The van der Waals surface area contributed by atoms with Crippen LogP contribution in [0.25, 0.3) is 11.1 Å². The third kappa shape index (κ3) is 4.83. The molecule has 0 spiro atoms. The molecular weight excluding hydrogens is 282 g/mol. The summed E-state index contributed by atoms with van der Waals surface area (Å²) in [5.74, 6) is -0.138. The topological polar surface area (TPSA) is 9.23 Å². The van der Waals surface area contributed by atoms with Crippen LogP contribution in [0.4, 0.5) is 8.78 Å². The number of rotatable bonds is 8. The van der Waals surface area contributed by atoms with Crippen molar-refractivity contribution in [3.05, 3.63) is 54.1 Å². The van der Waals surface area contributed by atoms with E-state index in [0.29, 0.717) is 23.5 Å². The predicted octanol–water partition coefficient (Wildman–Crippen LogP) is 5.98. The third-order valence-corrected chi connectivity index (χ3v) is 3.61. The minimum atomic E-state index is -0.352. The molecule has 2 aromatic carbocycles. The van der Waals surface area contributed by atoms with Gasteiger partial charge in [0.15, 0.2) is 0 Å². The van der Waals surface area contributed by atoms with E-state index in [1.54, 1.807) is 24.3 Å². The van der Waals surface area contributed by atoms with E-state index < -0.39 is 0 Å². The van der Waals surface area contributed by atoms with Gasteiger partial charge < -0.3 is 4.74 Å². The first-order chi connectivity index (χ1) is 10.7. The SMILES string of the molecule is CCCCCCCOc1ccc(-c2ccc(F)cc2)c(F)c1. The fourth-order valence-corrected chi connectivity index (χ4v) is 2.34. The van der Waals surface area contributed by atoms with Crippen LogP contribution in [0.1, 0.15) is 39.0 Å². The molecule has 2 aromatic rings. The van der Waals surface area contributed by atoms with E-state index in [0.717, 1.165) is 12.8 Å². The molecule has 0 aromatic heterocycles. The number of unbranched alkanes of at least 4 members (excludes halogenated alkanes) is 4. The highest BCUT2D eigenvalue weighted by Gasteiger charge is 2.07. The van der Waals surface area contributed by atoms with Crippen molar-refractivity contribution >= 4 is 0 Å². The average molecular weight is 304 g/mol. The summed E-state index contributed by atoms with van der Waals surface area (Å²) in [4.78, 5) is 0. The van der Waals surface area contributed by atoms with Crippen LogP contribution in [-0.2, 0) is 0 Å². The molecule has 3 heteroatoms. The molecular formula is C19H22F2O. The molecule has 0 bridgehead atoms. The Bertz CT molecular complexity index is 578. The average Bonchev–Trinajstić information content (AvgIpc) is 2.52. The molecule has 0 aliphatic carbocycles. The van der Waals surface area contributed by atoms with Crippen LogP contribution in [0.3, 0.4) is 0 Å². The fourth-order valence-electron chi connectivity index (χ4n) is 2.34. The highest BCUT2D eigenvalue weighted by Crippen LogP contribution is 2.26. The van der Waals surface area contributed by atoms with Crippen LogP contribution in [-0.4, -0.2) is 6.61 Å². The van der Waals surface area contributed by atoms with E-state index in [4.69, 9.17) is 4.74 Å². The van der Waals surface area contributed by atoms with Gasteiger partial charge in [-0.2, -0.15) is 0 Å². The molecule has 0 radical (unpaired) electrons. The van der Waals surface area contributed by atoms with Crippen LogP contribution in [0.2, 0.25) is 0 Å². The number of benzene rings is 2. The van der Waals surface area contributed by atoms with Gasteiger partial charge in [-0.3, -0.25) is 0 Å². The Hall–Kier alpha value is -1.90. The molecule has 0 atom stereocenters. The van der Waals surface area contributed by atoms with Crippen LogP contribution in [0, 0.1) is 11.6 Å². The summed E-state index contributed by atoms with van der Waals surface area (Å²) >= 11 is 0. The van der Waals surface area contributed by atoms with Crippen molar-refractivity contribution in [2.45, 2.75) is 39.0 Å². The van der Waals surface area contributed by atoms with E-state index >= 15 is 0 Å². The first-order valence-electron chi connectivity index (χ1n) is 7.89. The Labute approximate surface area is 130 Å². The van der Waals surface area contributed by atoms with Crippen LogP contribution in [0.5, 0.6) is 5.75 Å². The van der Waals surface area contributed by atoms with E-state index in [1.165, 1.54) is 37.5 Å². The van der Waals surface area contributed by atoms with Gasteiger partial charge in [-0.1, -0.05) is 44.7 Å². The Kier molecular flexibility index (Phi) is 6.38. The Balaban J connectivity index is 1.91. The highest BCUT2D eigenvalue weighted by atomic mass is 19.1. The summed E-state index contributed by atoms with van der Waals surface area (Å²) in [7, 11) is 0. The Morgan fingerprint density at radius 3 is 2.27 bits per heavy atom. The molecule has 1 nitrogen and oxygen atoms in total. The second-order valence-electron chi connectivity index (χ2n) is 5.41. The molecule has 0 amide bonds. The van der Waals surface area contributed by atoms with Gasteiger partial charge in [0.2, 0.25) is 0 Å². The van der Waals surface area contributed by atoms with Crippen LogP contribution < -0.4 is 4.74 Å². The summed E-state index contributed by atoms with van der Waals surface area (Å²) in [6.45, 7) is 2.79. The zero-order valence-corrected chi connectivity index (χ0v) is 12.9. The largest absolute Gasteiger partial charge is 0.493 e. The highest BCUT2D eigenvalue weighted by molar-refractivity contribution is 5.64. The van der Waals surface area contributed by atoms with Gasteiger partial charge in [-0.15, -0.1) is 0 Å². The van der Waals surface area contributed by atoms with Crippen LogP contribution >= 0.6 is 0 Å². The normalized spacial score (nSPS) is 10.7. The number of hydrogen-bond acceptors (Lipinski definition) is 1. The summed E-state index contributed by atoms with van der Waals surface area (Å²) in [5.41, 5.74) is 1.11. The van der Waals surface area contributed by atoms with Crippen molar-refractivity contribution in [1.29, 1.82) is 0 Å². The molecule has 22 heavy (non-hydrogen) atoms. The standard InChI is InChI=1S/C19H22F2O/c1-2-3-4-5-6-13-22-17-11-12-18(19(21)14-17)15-7-9-16(20)10-8-15/h7-12,14H,2-6,13H2,1H3. The van der Waals surface area contributed by atoms with Crippen molar-refractivity contribution in [2.24, 2.45) is 0 Å². The molecule has 118 valence electrons. The second kappa shape index (κ2) is 8.52. The molecule has 0 aliphatic rings. The zero-order valence-electron chi connectivity index (χ0n) is 12.9. The van der Waals surface area contributed by atoms with Crippen molar-refractivity contribution in [3.63, 3.8) is 0 Å². The Morgan fingerprint density at radius 1 is 0.864 bits per heavy atom. The van der Waals surface area contributed by atoms with E-state index in [9.17, 15) is 8.78 Å². The lowest BCUT2D eigenvalue weighted by Crippen LogP contribution is -1.98. The first kappa shape index (κ1) is 16.5. The lowest BCUT2D eigenvalue weighted by molar-refractivity contribution is 0.303. The fraction of sp³-hybridized carbons (Fsp3) is 0.368. The maximum atomic E-state index is 14.1.